The first-order chi connectivity index (χ1) is 9.26. The first-order valence-electron chi connectivity index (χ1n) is 7.75. The third-order valence-electron chi connectivity index (χ3n) is 4.29. The highest BCUT2D eigenvalue weighted by atomic mass is 15.1. The van der Waals surface area contributed by atoms with Crippen LogP contribution in [0.1, 0.15) is 36.8 Å². The zero-order chi connectivity index (χ0) is 13.2. The van der Waals surface area contributed by atoms with E-state index >= 15 is 0 Å². The first-order valence-corrected chi connectivity index (χ1v) is 7.75. The van der Waals surface area contributed by atoms with Gasteiger partial charge in [-0.1, -0.05) is 17.7 Å². The fourth-order valence-corrected chi connectivity index (χ4v) is 2.85. The second kappa shape index (κ2) is 5.54. The van der Waals surface area contributed by atoms with Crippen molar-refractivity contribution in [2.45, 2.75) is 39.2 Å². The van der Waals surface area contributed by atoms with Gasteiger partial charge in [0, 0.05) is 25.3 Å². The van der Waals surface area contributed by atoms with Gasteiger partial charge in [0.05, 0.1) is 0 Å². The van der Waals surface area contributed by atoms with Gasteiger partial charge in [-0.2, -0.15) is 0 Å². The van der Waals surface area contributed by atoms with Crippen LogP contribution in [-0.4, -0.2) is 20.1 Å². The van der Waals surface area contributed by atoms with Gasteiger partial charge in [0.1, 0.15) is 0 Å². The summed E-state index contributed by atoms with van der Waals surface area (Å²) >= 11 is 0. The Morgan fingerprint density at radius 3 is 2.26 bits per heavy atom. The molecule has 2 aliphatic rings. The molecule has 2 fully saturated rings. The van der Waals surface area contributed by atoms with Gasteiger partial charge in [0.15, 0.2) is 0 Å². The number of anilines is 1. The molecule has 104 valence electrons. The van der Waals surface area contributed by atoms with Crippen LogP contribution in [0.2, 0.25) is 0 Å². The molecule has 0 unspecified atom stereocenters. The average Bonchev–Trinajstić information content (AvgIpc) is 3.24. The standard InChI is InChI=1S/C17H26N2/c1-13-3-8-17(16(9-13)10-18-2)19(11-14-4-5-14)12-15-6-7-15/h3,8-9,14-15,18H,4-7,10-12H2,1-2H3. The molecular formula is C17H26N2. The Morgan fingerprint density at radius 1 is 1.11 bits per heavy atom. The van der Waals surface area contributed by atoms with E-state index in [1.54, 1.807) is 0 Å². The number of hydrogen-bond donors (Lipinski definition) is 1. The van der Waals surface area contributed by atoms with Crippen LogP contribution in [0.3, 0.4) is 0 Å². The van der Waals surface area contributed by atoms with E-state index in [0.29, 0.717) is 0 Å². The zero-order valence-electron chi connectivity index (χ0n) is 12.3. The van der Waals surface area contributed by atoms with E-state index < -0.39 is 0 Å². The molecule has 0 radical (unpaired) electrons. The maximum absolute atomic E-state index is 3.32. The average molecular weight is 258 g/mol. The van der Waals surface area contributed by atoms with E-state index in [4.69, 9.17) is 0 Å². The molecule has 0 aromatic heterocycles. The van der Waals surface area contributed by atoms with Gasteiger partial charge in [-0.15, -0.1) is 0 Å². The minimum Gasteiger partial charge on any atom is -0.371 e. The van der Waals surface area contributed by atoms with Gasteiger partial charge in [0.2, 0.25) is 0 Å². The molecule has 19 heavy (non-hydrogen) atoms. The summed E-state index contributed by atoms with van der Waals surface area (Å²) in [5, 5.41) is 3.32. The second-order valence-corrected chi connectivity index (χ2v) is 6.45. The molecule has 1 N–H and O–H groups in total. The summed E-state index contributed by atoms with van der Waals surface area (Å²) in [6, 6.07) is 6.95. The monoisotopic (exact) mass is 258 g/mol. The molecule has 2 saturated carbocycles. The van der Waals surface area contributed by atoms with Crippen molar-refractivity contribution in [3.05, 3.63) is 29.3 Å². The SMILES string of the molecule is CNCc1cc(C)ccc1N(CC1CC1)CC1CC1. The molecule has 0 spiro atoms. The molecule has 2 aliphatic carbocycles. The highest BCUT2D eigenvalue weighted by Gasteiger charge is 2.30. The molecule has 1 aromatic carbocycles. The Morgan fingerprint density at radius 2 is 1.74 bits per heavy atom. The van der Waals surface area contributed by atoms with E-state index in [0.717, 1.165) is 18.4 Å². The van der Waals surface area contributed by atoms with E-state index in [2.05, 4.69) is 35.3 Å². The number of nitrogens with zero attached hydrogens (tertiary/aromatic N) is 1. The molecule has 2 heteroatoms. The summed E-state index contributed by atoms with van der Waals surface area (Å²) in [6.45, 7) is 5.71. The lowest BCUT2D eigenvalue weighted by molar-refractivity contribution is 0.673. The summed E-state index contributed by atoms with van der Waals surface area (Å²) in [5.74, 6) is 1.92. The fourth-order valence-electron chi connectivity index (χ4n) is 2.85. The van der Waals surface area contributed by atoms with Crippen LogP contribution < -0.4 is 10.2 Å². The highest BCUT2D eigenvalue weighted by molar-refractivity contribution is 5.55. The molecule has 1 aromatic rings. The Bertz CT molecular complexity index is 419. The quantitative estimate of drug-likeness (QED) is 0.807. The third-order valence-corrected chi connectivity index (χ3v) is 4.29. The maximum Gasteiger partial charge on any atom is 0.0412 e. The Kier molecular flexibility index (Phi) is 3.79. The van der Waals surface area contributed by atoms with Gasteiger partial charge in [-0.25, -0.2) is 0 Å². The van der Waals surface area contributed by atoms with Crippen molar-refractivity contribution in [2.75, 3.05) is 25.0 Å². The molecule has 0 bridgehead atoms. The van der Waals surface area contributed by atoms with Crippen LogP contribution in [0.15, 0.2) is 18.2 Å². The lowest BCUT2D eigenvalue weighted by Crippen LogP contribution is -2.29. The lowest BCUT2D eigenvalue weighted by atomic mass is 10.1. The van der Waals surface area contributed by atoms with E-state index in [9.17, 15) is 0 Å². The molecule has 0 saturated heterocycles. The topological polar surface area (TPSA) is 15.3 Å². The molecule has 0 amide bonds. The van der Waals surface area contributed by atoms with Gasteiger partial charge in [-0.05, 0) is 63.1 Å². The predicted molar refractivity (Wildman–Crippen MR) is 81.6 cm³/mol. The lowest BCUT2D eigenvalue weighted by Gasteiger charge is -2.27. The van der Waals surface area contributed by atoms with Crippen molar-refractivity contribution in [1.29, 1.82) is 0 Å². The van der Waals surface area contributed by atoms with Crippen molar-refractivity contribution in [2.24, 2.45) is 11.8 Å². The molecule has 0 heterocycles. The molecule has 0 aliphatic heterocycles. The minimum absolute atomic E-state index is 0.961. The van der Waals surface area contributed by atoms with E-state index in [-0.39, 0.29) is 0 Å². The largest absolute Gasteiger partial charge is 0.371 e. The van der Waals surface area contributed by atoms with Crippen LogP contribution in [0, 0.1) is 18.8 Å². The number of aryl methyl sites for hydroxylation is 1. The van der Waals surface area contributed by atoms with Gasteiger partial charge in [-0.3, -0.25) is 0 Å². The second-order valence-electron chi connectivity index (χ2n) is 6.45. The molecule has 3 rings (SSSR count). The molecule has 2 nitrogen and oxygen atoms in total. The number of hydrogen-bond acceptors (Lipinski definition) is 2. The Balaban J connectivity index is 1.81. The smallest absolute Gasteiger partial charge is 0.0412 e. The van der Waals surface area contributed by atoms with Crippen molar-refractivity contribution < 1.29 is 0 Å². The molecule has 0 atom stereocenters. The summed E-state index contributed by atoms with van der Waals surface area (Å²) in [7, 11) is 2.04. The summed E-state index contributed by atoms with van der Waals surface area (Å²) < 4.78 is 0. The van der Waals surface area contributed by atoms with Crippen LogP contribution in [0.4, 0.5) is 5.69 Å². The maximum atomic E-state index is 3.32. The predicted octanol–water partition coefficient (Wildman–Crippen LogP) is 3.34. The normalized spacial score (nSPS) is 18.6. The third kappa shape index (κ3) is 3.50. The van der Waals surface area contributed by atoms with Gasteiger partial charge >= 0.3 is 0 Å². The Hall–Kier alpha value is -1.02. The number of rotatable bonds is 7. The number of benzene rings is 1. The van der Waals surface area contributed by atoms with Crippen LogP contribution >= 0.6 is 0 Å². The minimum atomic E-state index is 0.961. The van der Waals surface area contributed by atoms with Crippen molar-refractivity contribution in [1.82, 2.24) is 5.32 Å². The van der Waals surface area contributed by atoms with E-state index in [1.807, 2.05) is 7.05 Å². The van der Waals surface area contributed by atoms with Crippen molar-refractivity contribution in [3.8, 4) is 0 Å². The van der Waals surface area contributed by atoms with Crippen LogP contribution in [0.5, 0.6) is 0 Å². The van der Waals surface area contributed by atoms with E-state index in [1.165, 1.54) is 55.6 Å². The van der Waals surface area contributed by atoms with Gasteiger partial charge < -0.3 is 10.2 Å². The summed E-state index contributed by atoms with van der Waals surface area (Å²) in [5.41, 5.74) is 4.30. The van der Waals surface area contributed by atoms with Crippen molar-refractivity contribution in [3.63, 3.8) is 0 Å². The Labute approximate surface area is 117 Å². The summed E-state index contributed by atoms with van der Waals surface area (Å²) in [4.78, 5) is 2.67. The van der Waals surface area contributed by atoms with Crippen LogP contribution in [-0.2, 0) is 6.54 Å². The zero-order valence-corrected chi connectivity index (χ0v) is 12.3. The van der Waals surface area contributed by atoms with Gasteiger partial charge in [0.25, 0.3) is 0 Å². The molecular weight excluding hydrogens is 232 g/mol. The van der Waals surface area contributed by atoms with Crippen LogP contribution in [0.25, 0.3) is 0 Å². The fraction of sp³-hybridized carbons (Fsp3) is 0.647. The van der Waals surface area contributed by atoms with Crippen molar-refractivity contribution >= 4 is 5.69 Å². The highest BCUT2D eigenvalue weighted by Crippen LogP contribution is 2.36. The number of nitrogens with one attached hydrogen (secondary N) is 1. The first kappa shape index (κ1) is 13.0. The summed E-state index contributed by atoms with van der Waals surface area (Å²) in [6.07, 6.45) is 5.76.